The fourth-order valence-corrected chi connectivity index (χ4v) is 2.92. The monoisotopic (exact) mass is 309 g/mol. The Kier molecular flexibility index (Phi) is 6.15. The SMILES string of the molecule is C[C@H]1C[NH+](CCCCOc2ccc([N+](=O)[O-])cc2)C[C@H](C)O1. The van der Waals surface area contributed by atoms with Crippen molar-refractivity contribution >= 4 is 5.69 Å². The Bertz CT molecular complexity index is 468. The van der Waals surface area contributed by atoms with Crippen molar-refractivity contribution in [2.24, 2.45) is 0 Å². The first-order chi connectivity index (χ1) is 10.5. The first-order valence-corrected chi connectivity index (χ1v) is 7.91. The summed E-state index contributed by atoms with van der Waals surface area (Å²) in [5.41, 5.74) is 0.0894. The molecule has 1 heterocycles. The fourth-order valence-electron chi connectivity index (χ4n) is 2.92. The van der Waals surface area contributed by atoms with E-state index in [1.165, 1.54) is 12.1 Å². The molecule has 0 aromatic heterocycles. The normalized spacial score (nSPS) is 24.9. The van der Waals surface area contributed by atoms with Crippen molar-refractivity contribution < 1.29 is 19.3 Å². The van der Waals surface area contributed by atoms with Crippen LogP contribution in [0.25, 0.3) is 0 Å². The number of unbranched alkanes of at least 4 members (excludes halogenated alkanes) is 1. The molecule has 1 saturated heterocycles. The predicted octanol–water partition coefficient (Wildman–Crippen LogP) is 1.45. The Morgan fingerprint density at radius 2 is 1.86 bits per heavy atom. The van der Waals surface area contributed by atoms with Crippen LogP contribution in [-0.4, -0.2) is 43.4 Å². The number of nitrogens with zero attached hydrogens (tertiary/aromatic N) is 1. The van der Waals surface area contributed by atoms with Gasteiger partial charge in [-0.25, -0.2) is 0 Å². The van der Waals surface area contributed by atoms with Gasteiger partial charge in [-0.15, -0.1) is 0 Å². The summed E-state index contributed by atoms with van der Waals surface area (Å²) < 4.78 is 11.4. The third-order valence-electron chi connectivity index (χ3n) is 3.86. The van der Waals surface area contributed by atoms with Crippen LogP contribution in [0.4, 0.5) is 5.69 Å². The van der Waals surface area contributed by atoms with Gasteiger partial charge < -0.3 is 14.4 Å². The second-order valence-electron chi connectivity index (χ2n) is 5.97. The van der Waals surface area contributed by atoms with Crippen LogP contribution in [-0.2, 0) is 4.74 Å². The molecule has 1 aliphatic rings. The zero-order valence-corrected chi connectivity index (χ0v) is 13.3. The molecule has 22 heavy (non-hydrogen) atoms. The summed E-state index contributed by atoms with van der Waals surface area (Å²) in [4.78, 5) is 11.8. The second kappa shape index (κ2) is 8.10. The summed E-state index contributed by atoms with van der Waals surface area (Å²) in [5.74, 6) is 0.687. The number of morpholine rings is 1. The van der Waals surface area contributed by atoms with E-state index in [4.69, 9.17) is 9.47 Å². The minimum atomic E-state index is -0.406. The second-order valence-corrected chi connectivity index (χ2v) is 5.97. The number of non-ortho nitro benzene ring substituents is 1. The average Bonchev–Trinajstić information content (AvgIpc) is 2.46. The lowest BCUT2D eigenvalue weighted by molar-refractivity contribution is -0.915. The van der Waals surface area contributed by atoms with Crippen molar-refractivity contribution in [2.45, 2.75) is 38.9 Å². The maximum Gasteiger partial charge on any atom is 0.269 e. The van der Waals surface area contributed by atoms with Gasteiger partial charge in [-0.05, 0) is 38.8 Å². The molecule has 0 saturated carbocycles. The van der Waals surface area contributed by atoms with Crippen LogP contribution in [0.5, 0.6) is 5.75 Å². The number of ether oxygens (including phenoxy) is 2. The van der Waals surface area contributed by atoms with Gasteiger partial charge in [0.25, 0.3) is 5.69 Å². The number of nitro benzene ring substituents is 1. The molecule has 0 aliphatic carbocycles. The van der Waals surface area contributed by atoms with E-state index < -0.39 is 4.92 Å². The van der Waals surface area contributed by atoms with Crippen LogP contribution < -0.4 is 9.64 Å². The maximum atomic E-state index is 10.6. The zero-order chi connectivity index (χ0) is 15.9. The minimum absolute atomic E-state index is 0.0894. The average molecular weight is 309 g/mol. The van der Waals surface area contributed by atoms with Gasteiger partial charge in [-0.2, -0.15) is 0 Å². The van der Waals surface area contributed by atoms with E-state index in [1.54, 1.807) is 17.0 Å². The van der Waals surface area contributed by atoms with Gasteiger partial charge in [0.05, 0.1) is 18.1 Å². The summed E-state index contributed by atoms with van der Waals surface area (Å²) in [6.45, 7) is 8.20. The third-order valence-corrected chi connectivity index (χ3v) is 3.86. The van der Waals surface area contributed by atoms with Gasteiger partial charge in [0.2, 0.25) is 0 Å². The smallest absolute Gasteiger partial charge is 0.269 e. The topological polar surface area (TPSA) is 66.0 Å². The number of nitrogens with one attached hydrogen (secondary N) is 1. The first kappa shape index (κ1) is 16.7. The van der Waals surface area contributed by atoms with E-state index in [0.29, 0.717) is 24.6 Å². The predicted molar refractivity (Wildman–Crippen MR) is 83.4 cm³/mol. The van der Waals surface area contributed by atoms with Crippen molar-refractivity contribution in [1.29, 1.82) is 0 Å². The zero-order valence-electron chi connectivity index (χ0n) is 13.3. The Hall–Kier alpha value is -1.66. The minimum Gasteiger partial charge on any atom is -0.494 e. The molecule has 0 unspecified atom stereocenters. The number of hydrogen-bond acceptors (Lipinski definition) is 4. The van der Waals surface area contributed by atoms with Crippen molar-refractivity contribution in [2.75, 3.05) is 26.2 Å². The van der Waals surface area contributed by atoms with Crippen LogP contribution in [0.2, 0.25) is 0 Å². The van der Waals surface area contributed by atoms with Crippen molar-refractivity contribution in [1.82, 2.24) is 0 Å². The van der Waals surface area contributed by atoms with Gasteiger partial charge in [0, 0.05) is 12.1 Å². The lowest BCUT2D eigenvalue weighted by Crippen LogP contribution is -3.15. The van der Waals surface area contributed by atoms with Crippen molar-refractivity contribution in [3.63, 3.8) is 0 Å². The van der Waals surface area contributed by atoms with E-state index in [2.05, 4.69) is 13.8 Å². The molecule has 1 fully saturated rings. The Labute approximate surface area is 131 Å². The highest BCUT2D eigenvalue weighted by Gasteiger charge is 2.24. The summed E-state index contributed by atoms with van der Waals surface area (Å²) in [6.07, 6.45) is 2.79. The van der Waals surface area contributed by atoms with E-state index in [-0.39, 0.29) is 5.69 Å². The van der Waals surface area contributed by atoms with Crippen LogP contribution >= 0.6 is 0 Å². The number of quaternary nitrogens is 1. The van der Waals surface area contributed by atoms with E-state index in [9.17, 15) is 10.1 Å². The fraction of sp³-hybridized carbons (Fsp3) is 0.625. The van der Waals surface area contributed by atoms with Gasteiger partial charge in [0.1, 0.15) is 31.0 Å². The first-order valence-electron chi connectivity index (χ1n) is 7.91. The lowest BCUT2D eigenvalue weighted by Gasteiger charge is -2.32. The Morgan fingerprint density at radius 3 is 2.45 bits per heavy atom. The molecular formula is C16H25N2O4+. The molecule has 0 radical (unpaired) electrons. The molecule has 1 aliphatic heterocycles. The van der Waals surface area contributed by atoms with E-state index in [0.717, 1.165) is 32.5 Å². The van der Waals surface area contributed by atoms with Crippen LogP contribution in [0.3, 0.4) is 0 Å². The van der Waals surface area contributed by atoms with Crippen LogP contribution in [0.1, 0.15) is 26.7 Å². The standard InChI is InChI=1S/C16H24N2O4/c1-13-11-17(12-14(2)22-13)9-3-4-10-21-16-7-5-15(6-8-16)18(19)20/h5-8,13-14H,3-4,9-12H2,1-2H3/p+1/t13-,14-/m0/s1. The molecule has 1 aromatic carbocycles. The van der Waals surface area contributed by atoms with E-state index >= 15 is 0 Å². The number of nitro groups is 1. The summed E-state index contributed by atoms with van der Waals surface area (Å²) >= 11 is 0. The van der Waals surface area contributed by atoms with Crippen LogP contribution in [0, 0.1) is 10.1 Å². The molecule has 6 nitrogen and oxygen atoms in total. The molecule has 0 spiro atoms. The van der Waals surface area contributed by atoms with Crippen LogP contribution in [0.15, 0.2) is 24.3 Å². The highest BCUT2D eigenvalue weighted by atomic mass is 16.6. The molecular weight excluding hydrogens is 284 g/mol. The Morgan fingerprint density at radius 1 is 1.23 bits per heavy atom. The lowest BCUT2D eigenvalue weighted by atomic mass is 10.2. The summed E-state index contributed by atoms with van der Waals surface area (Å²) in [6, 6.07) is 6.23. The summed E-state index contributed by atoms with van der Waals surface area (Å²) in [7, 11) is 0. The number of rotatable bonds is 7. The number of benzene rings is 1. The maximum absolute atomic E-state index is 10.6. The molecule has 0 amide bonds. The highest BCUT2D eigenvalue weighted by Crippen LogP contribution is 2.17. The quantitative estimate of drug-likeness (QED) is 0.470. The highest BCUT2D eigenvalue weighted by molar-refractivity contribution is 5.35. The molecule has 0 bridgehead atoms. The van der Waals surface area contributed by atoms with Crippen molar-refractivity contribution in [3.05, 3.63) is 34.4 Å². The van der Waals surface area contributed by atoms with Crippen molar-refractivity contribution in [3.8, 4) is 5.75 Å². The Balaban J connectivity index is 1.62. The molecule has 1 aromatic rings. The molecule has 6 heteroatoms. The third kappa shape index (κ3) is 5.27. The molecule has 122 valence electrons. The summed E-state index contributed by atoms with van der Waals surface area (Å²) in [5, 5.41) is 10.6. The van der Waals surface area contributed by atoms with Gasteiger partial charge in [-0.1, -0.05) is 0 Å². The van der Waals surface area contributed by atoms with E-state index in [1.807, 2.05) is 0 Å². The largest absolute Gasteiger partial charge is 0.494 e. The molecule has 2 atom stereocenters. The van der Waals surface area contributed by atoms with Gasteiger partial charge >= 0.3 is 0 Å². The number of hydrogen-bond donors (Lipinski definition) is 1. The molecule has 1 N–H and O–H groups in total. The van der Waals surface area contributed by atoms with Gasteiger partial charge in [-0.3, -0.25) is 10.1 Å². The van der Waals surface area contributed by atoms with Gasteiger partial charge in [0.15, 0.2) is 0 Å². The molecule has 2 rings (SSSR count).